The average Bonchev–Trinajstić information content (AvgIpc) is 2.29. The monoisotopic (exact) mass is 219 g/mol. The van der Waals surface area contributed by atoms with Crippen molar-refractivity contribution < 1.29 is 9.50 Å². The molecular formula is C13H14FNO. The highest BCUT2D eigenvalue weighted by molar-refractivity contribution is 5.86. The van der Waals surface area contributed by atoms with E-state index in [1.807, 2.05) is 6.07 Å². The van der Waals surface area contributed by atoms with Gasteiger partial charge in [0.1, 0.15) is 5.82 Å². The van der Waals surface area contributed by atoms with Crippen LogP contribution in [-0.4, -0.2) is 11.1 Å². The van der Waals surface area contributed by atoms with Crippen LogP contribution in [0.25, 0.3) is 10.8 Å². The zero-order valence-electron chi connectivity index (χ0n) is 9.02. The van der Waals surface area contributed by atoms with Crippen LogP contribution in [0.5, 0.6) is 0 Å². The zero-order chi connectivity index (χ0) is 11.7. The Kier molecular flexibility index (Phi) is 2.90. The first-order valence-corrected chi connectivity index (χ1v) is 5.22. The molecule has 0 aromatic heterocycles. The molecule has 3 heteroatoms. The maximum absolute atomic E-state index is 13.5. The lowest BCUT2D eigenvalue weighted by molar-refractivity contribution is 0.155. The molecule has 2 aromatic carbocycles. The van der Waals surface area contributed by atoms with Crippen LogP contribution in [0, 0.1) is 5.82 Å². The summed E-state index contributed by atoms with van der Waals surface area (Å²) in [6.45, 7) is 1.72. The van der Waals surface area contributed by atoms with Crippen LogP contribution in [0.3, 0.4) is 0 Å². The highest BCUT2D eigenvalue weighted by atomic mass is 19.1. The molecule has 0 saturated heterocycles. The summed E-state index contributed by atoms with van der Waals surface area (Å²) in [5.74, 6) is -0.281. The largest absolute Gasteiger partial charge is 0.387 e. The first-order valence-electron chi connectivity index (χ1n) is 5.22. The van der Waals surface area contributed by atoms with Gasteiger partial charge in [0.05, 0.1) is 6.10 Å². The minimum absolute atomic E-state index is 0.281. The van der Waals surface area contributed by atoms with Gasteiger partial charge in [-0.05, 0) is 23.9 Å². The lowest BCUT2D eigenvalue weighted by Crippen LogP contribution is -2.24. The molecule has 84 valence electrons. The van der Waals surface area contributed by atoms with Crippen LogP contribution in [0.2, 0.25) is 0 Å². The summed E-state index contributed by atoms with van der Waals surface area (Å²) < 4.78 is 13.5. The third-order valence-corrected chi connectivity index (χ3v) is 2.72. The second-order valence-electron chi connectivity index (χ2n) is 3.99. The average molecular weight is 219 g/mol. The summed E-state index contributed by atoms with van der Waals surface area (Å²) in [5, 5.41) is 11.2. The Morgan fingerprint density at radius 1 is 1.12 bits per heavy atom. The minimum Gasteiger partial charge on any atom is -0.387 e. The van der Waals surface area contributed by atoms with Gasteiger partial charge in [-0.25, -0.2) is 4.39 Å². The molecule has 0 radical (unpaired) electrons. The topological polar surface area (TPSA) is 46.2 Å². The first-order chi connectivity index (χ1) is 7.61. The Balaban J connectivity index is 2.67. The van der Waals surface area contributed by atoms with E-state index in [0.29, 0.717) is 16.3 Å². The van der Waals surface area contributed by atoms with Crippen LogP contribution in [0.15, 0.2) is 36.4 Å². The van der Waals surface area contributed by atoms with Crippen molar-refractivity contribution in [2.24, 2.45) is 5.73 Å². The molecule has 0 aliphatic carbocycles. The van der Waals surface area contributed by atoms with Gasteiger partial charge < -0.3 is 10.8 Å². The zero-order valence-corrected chi connectivity index (χ0v) is 9.02. The second kappa shape index (κ2) is 4.20. The fourth-order valence-electron chi connectivity index (χ4n) is 1.83. The number of aliphatic hydroxyl groups excluding tert-OH is 1. The maximum Gasteiger partial charge on any atom is 0.131 e. The van der Waals surface area contributed by atoms with Gasteiger partial charge in [-0.2, -0.15) is 0 Å². The van der Waals surface area contributed by atoms with Crippen LogP contribution in [0.4, 0.5) is 4.39 Å². The van der Waals surface area contributed by atoms with Crippen molar-refractivity contribution in [1.82, 2.24) is 0 Å². The molecule has 3 N–H and O–H groups in total. The van der Waals surface area contributed by atoms with Crippen molar-refractivity contribution in [2.75, 3.05) is 0 Å². The highest BCUT2D eigenvalue weighted by Gasteiger charge is 2.16. The summed E-state index contributed by atoms with van der Waals surface area (Å²) in [4.78, 5) is 0. The molecule has 0 heterocycles. The summed E-state index contributed by atoms with van der Waals surface area (Å²) in [7, 11) is 0. The normalized spacial score (nSPS) is 15.0. The van der Waals surface area contributed by atoms with Gasteiger partial charge in [-0.3, -0.25) is 0 Å². The fraction of sp³-hybridized carbons (Fsp3) is 0.231. The molecule has 16 heavy (non-hydrogen) atoms. The second-order valence-corrected chi connectivity index (χ2v) is 3.99. The van der Waals surface area contributed by atoms with Gasteiger partial charge >= 0.3 is 0 Å². The minimum atomic E-state index is -0.773. The Bertz CT molecular complexity index is 510. The highest BCUT2D eigenvalue weighted by Crippen LogP contribution is 2.27. The van der Waals surface area contributed by atoms with E-state index in [1.54, 1.807) is 31.2 Å². The molecule has 0 amide bonds. The number of aliphatic hydroxyl groups is 1. The van der Waals surface area contributed by atoms with E-state index in [1.165, 1.54) is 6.07 Å². The summed E-state index contributed by atoms with van der Waals surface area (Å²) >= 11 is 0. The third-order valence-electron chi connectivity index (χ3n) is 2.72. The standard InChI is InChI=1S/C13H14FNO/c1-8(15)13(16)11-6-7-12(14)10-5-3-2-4-9(10)11/h2-8,13,16H,15H2,1H3/t8-,13-/m0/s1. The molecule has 2 nitrogen and oxygen atoms in total. The Morgan fingerprint density at radius 3 is 2.38 bits per heavy atom. The van der Waals surface area contributed by atoms with Crippen molar-refractivity contribution in [3.05, 3.63) is 47.8 Å². The van der Waals surface area contributed by atoms with Crippen molar-refractivity contribution >= 4 is 10.8 Å². The van der Waals surface area contributed by atoms with E-state index in [-0.39, 0.29) is 11.9 Å². The van der Waals surface area contributed by atoms with Crippen LogP contribution < -0.4 is 5.73 Å². The molecule has 2 rings (SSSR count). The van der Waals surface area contributed by atoms with Gasteiger partial charge in [-0.1, -0.05) is 30.3 Å². The van der Waals surface area contributed by atoms with Crippen LogP contribution in [-0.2, 0) is 0 Å². The maximum atomic E-state index is 13.5. The number of fused-ring (bicyclic) bond motifs is 1. The smallest absolute Gasteiger partial charge is 0.131 e. The Morgan fingerprint density at radius 2 is 1.75 bits per heavy atom. The van der Waals surface area contributed by atoms with Crippen molar-refractivity contribution in [3.8, 4) is 0 Å². The summed E-state index contributed by atoms with van der Waals surface area (Å²) in [6, 6.07) is 9.65. The van der Waals surface area contributed by atoms with E-state index in [4.69, 9.17) is 5.73 Å². The first kappa shape index (κ1) is 11.0. The lowest BCUT2D eigenvalue weighted by Gasteiger charge is -2.17. The van der Waals surface area contributed by atoms with E-state index < -0.39 is 6.10 Å². The fourth-order valence-corrected chi connectivity index (χ4v) is 1.83. The Labute approximate surface area is 93.5 Å². The number of benzene rings is 2. The van der Waals surface area contributed by atoms with Crippen molar-refractivity contribution in [2.45, 2.75) is 19.1 Å². The van der Waals surface area contributed by atoms with Gasteiger partial charge in [-0.15, -0.1) is 0 Å². The quantitative estimate of drug-likeness (QED) is 0.814. The Hall–Kier alpha value is -1.45. The summed E-state index contributed by atoms with van der Waals surface area (Å²) in [6.07, 6.45) is -0.773. The lowest BCUT2D eigenvalue weighted by atomic mass is 9.97. The number of halogens is 1. The van der Waals surface area contributed by atoms with Gasteiger partial charge in [0.2, 0.25) is 0 Å². The van der Waals surface area contributed by atoms with E-state index in [2.05, 4.69) is 0 Å². The van der Waals surface area contributed by atoms with E-state index >= 15 is 0 Å². The van der Waals surface area contributed by atoms with Gasteiger partial charge in [0.15, 0.2) is 0 Å². The number of hydrogen-bond acceptors (Lipinski definition) is 2. The van der Waals surface area contributed by atoms with Crippen LogP contribution in [0.1, 0.15) is 18.6 Å². The molecule has 0 aliphatic heterocycles. The van der Waals surface area contributed by atoms with Crippen molar-refractivity contribution in [3.63, 3.8) is 0 Å². The summed E-state index contributed by atoms with van der Waals surface area (Å²) in [5.41, 5.74) is 6.33. The molecule has 0 unspecified atom stereocenters. The molecular weight excluding hydrogens is 205 g/mol. The predicted octanol–water partition coefficient (Wildman–Crippen LogP) is 2.36. The van der Waals surface area contributed by atoms with E-state index in [9.17, 15) is 9.50 Å². The van der Waals surface area contributed by atoms with Gasteiger partial charge in [0.25, 0.3) is 0 Å². The number of nitrogens with two attached hydrogens (primary N) is 1. The predicted molar refractivity (Wildman–Crippen MR) is 62.5 cm³/mol. The molecule has 2 atom stereocenters. The SMILES string of the molecule is C[C@H](N)[C@H](O)c1ccc(F)c2ccccc12. The van der Waals surface area contributed by atoms with Gasteiger partial charge in [0, 0.05) is 11.4 Å². The molecule has 0 saturated carbocycles. The van der Waals surface area contributed by atoms with Crippen LogP contribution >= 0.6 is 0 Å². The third kappa shape index (κ3) is 1.79. The number of hydrogen-bond donors (Lipinski definition) is 2. The molecule has 0 fully saturated rings. The van der Waals surface area contributed by atoms with Crippen molar-refractivity contribution in [1.29, 1.82) is 0 Å². The molecule has 0 aliphatic rings. The molecule has 0 bridgehead atoms. The number of rotatable bonds is 2. The molecule has 2 aromatic rings. The van der Waals surface area contributed by atoms with E-state index in [0.717, 1.165) is 0 Å². The molecule has 0 spiro atoms.